The standard InChI is InChI=1S/C8H9F2N.3C8H10FN.4C8H11N.2C7H10N2/c1-5(2)8-6(9)3-11-4-7(8)10;1-6(2)7-3-4-10-5-8(7)9;1-6(2)8-5-7(9)3-4-10-8;1-6(2)8-4-3-7(9)5-10-8;1-7(2)8-3-5-9-6-4-8;1-7(2)8-4-3-5-9-6-8;2*1-7(2)8-5-3-4-6-9-8;1-6(2)7-3-8-5-9-4-7;1-6(2)7-8-4-3-5-9-7/h3-5H,1-2H3;3*3-6H,1-2H3;4*3-7H,1-2H3;2*3-6H,1-2H3. The normalized spacial score (nSPS) is 10.3. The first-order valence-electron chi connectivity index (χ1n) is 32.3. The Bertz CT molecular complexity index is 3100. The molecule has 0 atom stereocenters. The lowest BCUT2D eigenvalue weighted by Gasteiger charge is -2.06. The molecule has 0 fully saturated rings. The Morgan fingerprint density at radius 1 is 0.253 bits per heavy atom. The maximum absolute atomic E-state index is 12.8. The first-order chi connectivity index (χ1) is 45.1. The molecule has 0 saturated heterocycles. The van der Waals surface area contributed by atoms with Crippen LogP contribution in [0.1, 0.15) is 254 Å². The molecule has 10 rings (SSSR count). The highest BCUT2D eigenvalue weighted by Crippen LogP contribution is 2.21. The average molecular weight is 1300 g/mol. The summed E-state index contributed by atoms with van der Waals surface area (Å²) in [5.41, 5.74) is 8.76. The van der Waals surface area contributed by atoms with E-state index in [1.165, 1.54) is 53.5 Å². The van der Waals surface area contributed by atoms with E-state index in [1.807, 2.05) is 146 Å². The second-order valence-electron chi connectivity index (χ2n) is 24.6. The lowest BCUT2D eigenvalue weighted by molar-refractivity contribution is 0.532. The fourth-order valence-corrected chi connectivity index (χ4v) is 7.41. The highest BCUT2D eigenvalue weighted by molar-refractivity contribution is 5.19. The van der Waals surface area contributed by atoms with E-state index in [4.69, 9.17) is 0 Å². The van der Waals surface area contributed by atoms with Gasteiger partial charge in [-0.15, -0.1) is 0 Å². The Kier molecular flexibility index (Phi) is 43.1. The van der Waals surface area contributed by atoms with Gasteiger partial charge in [-0.05, 0) is 154 Å². The van der Waals surface area contributed by atoms with Crippen molar-refractivity contribution >= 4 is 0 Å². The van der Waals surface area contributed by atoms with Crippen LogP contribution in [0.15, 0.2) is 203 Å². The van der Waals surface area contributed by atoms with Gasteiger partial charge in [0, 0.05) is 109 Å². The van der Waals surface area contributed by atoms with Crippen LogP contribution in [0.3, 0.4) is 0 Å². The molecule has 0 spiro atoms. The molecule has 0 aliphatic rings. The van der Waals surface area contributed by atoms with Gasteiger partial charge in [0.15, 0.2) is 0 Å². The summed E-state index contributed by atoms with van der Waals surface area (Å²) in [6.07, 6.45) is 27.4. The van der Waals surface area contributed by atoms with Crippen LogP contribution in [0, 0.1) is 29.1 Å². The van der Waals surface area contributed by atoms with Crippen molar-refractivity contribution < 1.29 is 22.0 Å². The summed E-state index contributed by atoms with van der Waals surface area (Å²) in [5, 5.41) is 0. The van der Waals surface area contributed by atoms with Gasteiger partial charge >= 0.3 is 0 Å². The van der Waals surface area contributed by atoms with Crippen LogP contribution < -0.4 is 0 Å². The third-order valence-electron chi connectivity index (χ3n) is 13.2. The smallest absolute Gasteiger partial charge is 0.147 e. The molecule has 0 aromatic carbocycles. The SMILES string of the molecule is CC(C)c1c(F)cncc1F.CC(C)c1cc(F)ccn1.CC(C)c1ccc(F)cn1.CC(C)c1ccccn1.CC(C)c1ccccn1.CC(C)c1cccnc1.CC(C)c1ccncc1.CC(C)c1ccncc1F.CC(C)c1cncnc1.CC(C)c1ncccn1. The van der Waals surface area contributed by atoms with Gasteiger partial charge in [-0.3, -0.25) is 39.9 Å². The van der Waals surface area contributed by atoms with Gasteiger partial charge in [0.2, 0.25) is 0 Å². The van der Waals surface area contributed by atoms with E-state index in [1.54, 1.807) is 57.1 Å². The molecule has 0 radical (unpaired) electrons. The van der Waals surface area contributed by atoms with Gasteiger partial charge in [-0.1, -0.05) is 157 Å². The highest BCUT2D eigenvalue weighted by Gasteiger charge is 2.12. The van der Waals surface area contributed by atoms with Crippen molar-refractivity contribution in [2.45, 2.75) is 198 Å². The number of nitrogens with zero attached hydrogens (tertiary/aromatic N) is 12. The minimum atomic E-state index is -0.569. The fraction of sp³-hybridized carbons (Fsp3) is 0.385. The monoisotopic (exact) mass is 1300 g/mol. The van der Waals surface area contributed by atoms with E-state index < -0.39 is 11.6 Å². The number of rotatable bonds is 10. The lowest BCUT2D eigenvalue weighted by Crippen LogP contribution is -1.98. The summed E-state index contributed by atoms with van der Waals surface area (Å²) in [6, 6.07) is 29.6. The molecule has 0 N–H and O–H groups in total. The van der Waals surface area contributed by atoms with Crippen molar-refractivity contribution in [1.29, 1.82) is 0 Å². The Balaban J connectivity index is 0.000000528. The second kappa shape index (κ2) is 48.7. The minimum absolute atomic E-state index is 0.111. The largest absolute Gasteiger partial charge is 0.265 e. The summed E-state index contributed by atoms with van der Waals surface area (Å²) in [5.74, 6) is 3.14. The van der Waals surface area contributed by atoms with E-state index in [2.05, 4.69) is 149 Å². The molecule has 95 heavy (non-hydrogen) atoms. The summed E-state index contributed by atoms with van der Waals surface area (Å²) in [4.78, 5) is 47.1. The Morgan fingerprint density at radius 2 is 0.716 bits per heavy atom. The molecule has 10 aromatic heterocycles. The third kappa shape index (κ3) is 38.1. The van der Waals surface area contributed by atoms with E-state index in [9.17, 15) is 22.0 Å². The lowest BCUT2D eigenvalue weighted by atomic mass is 10.0. The molecule has 0 aliphatic carbocycles. The number of aromatic nitrogens is 12. The van der Waals surface area contributed by atoms with Gasteiger partial charge in [-0.2, -0.15) is 0 Å². The molecule has 0 amide bonds. The summed E-state index contributed by atoms with van der Waals surface area (Å²) in [6.45, 7) is 41.1. The molecule has 0 saturated carbocycles. The topological polar surface area (TPSA) is 155 Å². The van der Waals surface area contributed by atoms with E-state index in [0.717, 1.165) is 46.6 Å². The van der Waals surface area contributed by atoms with E-state index >= 15 is 0 Å². The van der Waals surface area contributed by atoms with Crippen molar-refractivity contribution in [3.05, 3.63) is 288 Å². The summed E-state index contributed by atoms with van der Waals surface area (Å²) >= 11 is 0. The van der Waals surface area contributed by atoms with Crippen LogP contribution >= 0.6 is 0 Å². The van der Waals surface area contributed by atoms with Gasteiger partial charge in [0.1, 0.15) is 41.2 Å². The van der Waals surface area contributed by atoms with Crippen molar-refractivity contribution in [1.82, 2.24) is 59.8 Å². The molecule has 17 heteroatoms. The first kappa shape index (κ1) is 84.0. The van der Waals surface area contributed by atoms with Gasteiger partial charge in [0.05, 0.1) is 24.8 Å². The van der Waals surface area contributed by atoms with Crippen molar-refractivity contribution in [2.24, 2.45) is 0 Å². The molecule has 12 nitrogen and oxygen atoms in total. The predicted molar refractivity (Wildman–Crippen MR) is 379 cm³/mol. The number of pyridine rings is 8. The number of halogens is 5. The molecular weight excluding hydrogens is 1200 g/mol. The van der Waals surface area contributed by atoms with E-state index in [0.29, 0.717) is 47.3 Å². The average Bonchev–Trinajstić information content (AvgIpc) is 1.44. The van der Waals surface area contributed by atoms with Gasteiger partial charge in [0.25, 0.3) is 0 Å². The molecule has 10 heterocycles. The number of hydrogen-bond donors (Lipinski definition) is 0. The fourth-order valence-electron chi connectivity index (χ4n) is 7.41. The summed E-state index contributed by atoms with van der Waals surface area (Å²) < 4.78 is 63.2. The van der Waals surface area contributed by atoms with Crippen LogP contribution in [-0.4, -0.2) is 59.8 Å². The zero-order valence-corrected chi connectivity index (χ0v) is 59.6. The minimum Gasteiger partial charge on any atom is -0.265 e. The Hall–Kier alpha value is -8.99. The van der Waals surface area contributed by atoms with E-state index in [-0.39, 0.29) is 34.9 Å². The maximum atomic E-state index is 12.8. The van der Waals surface area contributed by atoms with Gasteiger partial charge in [-0.25, -0.2) is 41.9 Å². The van der Waals surface area contributed by atoms with Crippen molar-refractivity contribution in [3.63, 3.8) is 0 Å². The predicted octanol–water partition coefficient (Wildman–Crippen LogP) is 21.5. The second-order valence-corrected chi connectivity index (χ2v) is 24.6. The summed E-state index contributed by atoms with van der Waals surface area (Å²) in [7, 11) is 0. The zero-order chi connectivity index (χ0) is 71.3. The van der Waals surface area contributed by atoms with Crippen molar-refractivity contribution in [2.75, 3.05) is 0 Å². The quantitative estimate of drug-likeness (QED) is 0.120. The van der Waals surface area contributed by atoms with Gasteiger partial charge < -0.3 is 0 Å². The van der Waals surface area contributed by atoms with Crippen LogP contribution in [0.5, 0.6) is 0 Å². The zero-order valence-electron chi connectivity index (χ0n) is 59.6. The van der Waals surface area contributed by atoms with Crippen LogP contribution in [0.2, 0.25) is 0 Å². The Morgan fingerprint density at radius 3 is 1.03 bits per heavy atom. The highest BCUT2D eigenvalue weighted by atomic mass is 19.1. The molecule has 0 aliphatic heterocycles. The van der Waals surface area contributed by atoms with Crippen LogP contribution in [-0.2, 0) is 0 Å². The maximum Gasteiger partial charge on any atom is 0.147 e. The molecular formula is C78H103F5N12. The van der Waals surface area contributed by atoms with Crippen molar-refractivity contribution in [3.8, 4) is 0 Å². The number of hydrogen-bond acceptors (Lipinski definition) is 12. The third-order valence-corrected chi connectivity index (χ3v) is 13.2. The molecule has 510 valence electrons. The Labute approximate surface area is 564 Å². The molecule has 0 unspecified atom stereocenters. The first-order valence-corrected chi connectivity index (χ1v) is 32.3. The van der Waals surface area contributed by atoms with Crippen LogP contribution in [0.4, 0.5) is 22.0 Å². The molecule has 0 bridgehead atoms. The molecule has 10 aromatic rings. The van der Waals surface area contributed by atoms with Crippen LogP contribution in [0.25, 0.3) is 0 Å².